The SMILES string of the molecule is O=C1c2cc(COc3cccc(F)c3)nn2CCN1C1CCCCC1F. The second-order valence-electron chi connectivity index (χ2n) is 6.86. The number of hydrogen-bond acceptors (Lipinski definition) is 3. The van der Waals surface area contributed by atoms with Gasteiger partial charge in [0.15, 0.2) is 0 Å². The number of halogens is 2. The summed E-state index contributed by atoms with van der Waals surface area (Å²) in [6.07, 6.45) is 2.15. The van der Waals surface area contributed by atoms with E-state index in [0.29, 0.717) is 36.6 Å². The van der Waals surface area contributed by atoms with E-state index >= 15 is 0 Å². The lowest BCUT2D eigenvalue weighted by molar-refractivity contribution is 0.0385. The van der Waals surface area contributed by atoms with Crippen molar-refractivity contribution in [3.8, 4) is 5.75 Å². The van der Waals surface area contributed by atoms with Crippen LogP contribution >= 0.6 is 0 Å². The molecule has 4 rings (SSSR count). The molecule has 2 heterocycles. The van der Waals surface area contributed by atoms with E-state index in [4.69, 9.17) is 4.74 Å². The first-order valence-corrected chi connectivity index (χ1v) is 9.02. The molecular weight excluding hydrogens is 340 g/mol. The molecule has 2 aromatic rings. The van der Waals surface area contributed by atoms with Gasteiger partial charge in [-0.25, -0.2) is 8.78 Å². The largest absolute Gasteiger partial charge is 0.487 e. The van der Waals surface area contributed by atoms with Crippen molar-refractivity contribution in [2.75, 3.05) is 6.54 Å². The van der Waals surface area contributed by atoms with E-state index in [-0.39, 0.29) is 24.4 Å². The van der Waals surface area contributed by atoms with Crippen molar-refractivity contribution in [2.45, 2.75) is 51.0 Å². The molecule has 26 heavy (non-hydrogen) atoms. The maximum atomic E-state index is 14.3. The maximum absolute atomic E-state index is 14.3. The summed E-state index contributed by atoms with van der Waals surface area (Å²) in [5, 5.41) is 4.39. The van der Waals surface area contributed by atoms with E-state index in [2.05, 4.69) is 5.10 Å². The van der Waals surface area contributed by atoms with E-state index in [1.165, 1.54) is 12.1 Å². The minimum Gasteiger partial charge on any atom is -0.487 e. The zero-order chi connectivity index (χ0) is 18.1. The van der Waals surface area contributed by atoms with Crippen LogP contribution in [0.1, 0.15) is 41.9 Å². The number of rotatable bonds is 4. The third kappa shape index (κ3) is 3.30. The molecule has 1 aliphatic heterocycles. The number of fused-ring (bicyclic) bond motifs is 1. The second-order valence-corrected chi connectivity index (χ2v) is 6.86. The Labute approximate surface area is 150 Å². The number of ether oxygens (including phenoxy) is 1. The predicted octanol–water partition coefficient (Wildman–Crippen LogP) is 3.34. The van der Waals surface area contributed by atoms with Gasteiger partial charge in [-0.3, -0.25) is 9.48 Å². The summed E-state index contributed by atoms with van der Waals surface area (Å²) in [6, 6.07) is 7.24. The van der Waals surface area contributed by atoms with Gasteiger partial charge in [0, 0.05) is 12.6 Å². The van der Waals surface area contributed by atoms with Gasteiger partial charge in [0.25, 0.3) is 5.91 Å². The Kier molecular flexibility index (Phi) is 4.61. The summed E-state index contributed by atoms with van der Waals surface area (Å²) < 4.78 is 34.7. The first-order valence-electron chi connectivity index (χ1n) is 9.02. The minimum atomic E-state index is -0.946. The Morgan fingerprint density at radius 2 is 2.04 bits per heavy atom. The second kappa shape index (κ2) is 7.05. The lowest BCUT2D eigenvalue weighted by Gasteiger charge is -2.38. The highest BCUT2D eigenvalue weighted by atomic mass is 19.1. The van der Waals surface area contributed by atoms with E-state index in [0.717, 1.165) is 19.3 Å². The third-order valence-electron chi connectivity index (χ3n) is 5.09. The molecule has 2 atom stereocenters. The van der Waals surface area contributed by atoms with Gasteiger partial charge in [-0.05, 0) is 31.0 Å². The zero-order valence-electron chi connectivity index (χ0n) is 14.4. The number of amides is 1. The van der Waals surface area contributed by atoms with Gasteiger partial charge in [0.05, 0.1) is 12.6 Å². The van der Waals surface area contributed by atoms with Crippen LogP contribution in [0.2, 0.25) is 0 Å². The van der Waals surface area contributed by atoms with Crippen LogP contribution in [-0.2, 0) is 13.2 Å². The average Bonchev–Trinajstić information content (AvgIpc) is 3.05. The predicted molar refractivity (Wildman–Crippen MR) is 91.1 cm³/mol. The van der Waals surface area contributed by atoms with Gasteiger partial charge >= 0.3 is 0 Å². The van der Waals surface area contributed by atoms with Gasteiger partial charge in [0.2, 0.25) is 0 Å². The van der Waals surface area contributed by atoms with Gasteiger partial charge in [-0.1, -0.05) is 18.9 Å². The lowest BCUT2D eigenvalue weighted by Crippen LogP contribution is -2.51. The highest BCUT2D eigenvalue weighted by Gasteiger charge is 2.36. The first-order chi connectivity index (χ1) is 12.6. The number of hydrogen-bond donors (Lipinski definition) is 0. The molecule has 1 aromatic heterocycles. The number of nitrogens with zero attached hydrogens (tertiary/aromatic N) is 3. The molecule has 7 heteroatoms. The first kappa shape index (κ1) is 17.0. The Bertz CT molecular complexity index is 808. The zero-order valence-corrected chi connectivity index (χ0v) is 14.4. The Hall–Kier alpha value is -2.44. The number of carbonyl (C=O) groups excluding carboxylic acids is 1. The van der Waals surface area contributed by atoms with Gasteiger partial charge in [0.1, 0.15) is 35.7 Å². The molecule has 1 aliphatic carbocycles. The number of aromatic nitrogens is 2. The van der Waals surface area contributed by atoms with Crippen molar-refractivity contribution < 1.29 is 18.3 Å². The molecule has 0 bridgehead atoms. The van der Waals surface area contributed by atoms with E-state index in [1.54, 1.807) is 27.8 Å². The van der Waals surface area contributed by atoms with Crippen LogP contribution in [0, 0.1) is 5.82 Å². The molecule has 0 radical (unpaired) electrons. The van der Waals surface area contributed by atoms with Crippen molar-refractivity contribution in [1.82, 2.24) is 14.7 Å². The number of benzene rings is 1. The molecule has 1 amide bonds. The van der Waals surface area contributed by atoms with Crippen LogP contribution in [0.15, 0.2) is 30.3 Å². The van der Waals surface area contributed by atoms with Crippen molar-refractivity contribution >= 4 is 5.91 Å². The normalized spacial score (nSPS) is 23.0. The van der Waals surface area contributed by atoms with Crippen molar-refractivity contribution in [2.24, 2.45) is 0 Å². The average molecular weight is 361 g/mol. The molecule has 1 fully saturated rings. The van der Waals surface area contributed by atoms with Crippen LogP contribution in [0.25, 0.3) is 0 Å². The summed E-state index contributed by atoms with van der Waals surface area (Å²) in [5.41, 5.74) is 1.06. The fourth-order valence-electron chi connectivity index (χ4n) is 3.78. The molecule has 0 saturated heterocycles. The van der Waals surface area contributed by atoms with Crippen LogP contribution in [0.4, 0.5) is 8.78 Å². The van der Waals surface area contributed by atoms with Crippen molar-refractivity contribution in [3.05, 3.63) is 47.5 Å². The molecule has 0 N–H and O–H groups in total. The van der Waals surface area contributed by atoms with Gasteiger partial charge < -0.3 is 9.64 Å². The summed E-state index contributed by atoms with van der Waals surface area (Å²) >= 11 is 0. The van der Waals surface area contributed by atoms with Crippen LogP contribution in [0.3, 0.4) is 0 Å². The quantitative estimate of drug-likeness (QED) is 0.839. The summed E-state index contributed by atoms with van der Waals surface area (Å²) in [6.45, 7) is 1.17. The van der Waals surface area contributed by atoms with E-state index in [9.17, 15) is 13.6 Å². The fourth-order valence-corrected chi connectivity index (χ4v) is 3.78. The lowest BCUT2D eigenvalue weighted by atomic mass is 9.92. The molecule has 5 nitrogen and oxygen atoms in total. The minimum absolute atomic E-state index is 0.145. The van der Waals surface area contributed by atoms with Gasteiger partial charge in [-0.2, -0.15) is 5.10 Å². The molecule has 1 aromatic carbocycles. The fraction of sp³-hybridized carbons (Fsp3) is 0.474. The highest BCUT2D eigenvalue weighted by molar-refractivity contribution is 5.93. The topological polar surface area (TPSA) is 47.4 Å². The van der Waals surface area contributed by atoms with E-state index in [1.807, 2.05) is 0 Å². The molecule has 1 saturated carbocycles. The molecule has 2 unspecified atom stereocenters. The van der Waals surface area contributed by atoms with Crippen LogP contribution < -0.4 is 4.74 Å². The van der Waals surface area contributed by atoms with Crippen LogP contribution in [0.5, 0.6) is 5.75 Å². The van der Waals surface area contributed by atoms with Gasteiger partial charge in [-0.15, -0.1) is 0 Å². The third-order valence-corrected chi connectivity index (χ3v) is 5.09. The van der Waals surface area contributed by atoms with E-state index < -0.39 is 6.17 Å². The Morgan fingerprint density at radius 3 is 2.85 bits per heavy atom. The molecular formula is C19H21F2N3O2. The summed E-state index contributed by atoms with van der Waals surface area (Å²) in [7, 11) is 0. The standard InChI is InChI=1S/C19H21F2N3O2/c20-13-4-3-5-15(10-13)26-12-14-11-18-19(25)23(8-9-24(18)22-14)17-7-2-1-6-16(17)21/h3-5,10-11,16-17H,1-2,6-9,12H2. The summed E-state index contributed by atoms with van der Waals surface area (Å²) in [5.74, 6) is -0.132. The van der Waals surface area contributed by atoms with Crippen molar-refractivity contribution in [1.29, 1.82) is 0 Å². The molecule has 0 spiro atoms. The smallest absolute Gasteiger partial charge is 0.272 e. The van der Waals surface area contributed by atoms with Crippen LogP contribution in [-0.4, -0.2) is 39.3 Å². The number of alkyl halides is 1. The highest BCUT2D eigenvalue weighted by Crippen LogP contribution is 2.28. The maximum Gasteiger partial charge on any atom is 0.272 e. The molecule has 2 aliphatic rings. The Balaban J connectivity index is 1.46. The number of carbonyl (C=O) groups is 1. The Morgan fingerprint density at radius 1 is 1.19 bits per heavy atom. The van der Waals surface area contributed by atoms with Crippen molar-refractivity contribution in [3.63, 3.8) is 0 Å². The monoisotopic (exact) mass is 361 g/mol. The summed E-state index contributed by atoms with van der Waals surface area (Å²) in [4.78, 5) is 14.5. The molecule has 138 valence electrons.